The van der Waals surface area contributed by atoms with Gasteiger partial charge >= 0.3 is 0 Å². The molecule has 0 aliphatic carbocycles. The van der Waals surface area contributed by atoms with Crippen molar-refractivity contribution in [2.75, 3.05) is 23.9 Å². The molecule has 1 aliphatic heterocycles. The monoisotopic (exact) mass is 276 g/mol. The molecule has 1 aromatic rings. The minimum atomic E-state index is -1.03. The lowest BCUT2D eigenvalue weighted by Crippen LogP contribution is -2.49. The highest BCUT2D eigenvalue weighted by molar-refractivity contribution is 6.20. The van der Waals surface area contributed by atoms with E-state index in [1.165, 1.54) is 21.9 Å². The van der Waals surface area contributed by atoms with Crippen LogP contribution in [0.2, 0.25) is 0 Å². The summed E-state index contributed by atoms with van der Waals surface area (Å²) >= 11 is 0. The Bertz CT molecular complexity index is 564. The number of hydrogen-bond donors (Lipinski definition) is 1. The normalized spacial score (nSPS) is 18.0. The molecule has 1 aliphatic rings. The minimum Gasteiger partial charge on any atom is -0.508 e. The molecular formula is C15H20N2O3. The van der Waals surface area contributed by atoms with Crippen molar-refractivity contribution in [2.45, 2.75) is 26.7 Å². The van der Waals surface area contributed by atoms with Crippen LogP contribution in [0.4, 0.5) is 11.4 Å². The van der Waals surface area contributed by atoms with Gasteiger partial charge in [-0.15, -0.1) is 0 Å². The number of phenols is 1. The summed E-state index contributed by atoms with van der Waals surface area (Å²) in [5, 5.41) is 9.64. The first kappa shape index (κ1) is 14.4. The summed E-state index contributed by atoms with van der Waals surface area (Å²) in [6, 6.07) is 4.69. The van der Waals surface area contributed by atoms with Crippen molar-refractivity contribution in [1.29, 1.82) is 0 Å². The van der Waals surface area contributed by atoms with Crippen LogP contribution in [0, 0.1) is 5.41 Å². The molecule has 0 saturated heterocycles. The second-order valence-corrected chi connectivity index (χ2v) is 5.19. The Balaban J connectivity index is 2.70. The summed E-state index contributed by atoms with van der Waals surface area (Å²) in [6.45, 7) is 3.71. The van der Waals surface area contributed by atoms with Gasteiger partial charge in [0.15, 0.2) is 0 Å². The van der Waals surface area contributed by atoms with E-state index in [4.69, 9.17) is 0 Å². The fraction of sp³-hybridized carbons (Fsp3) is 0.467. The molecule has 0 radical (unpaired) electrons. The SMILES string of the molecule is CCC1(CC)C(=O)N(C)c2ccc(O)cc2N(C)C1=O. The topological polar surface area (TPSA) is 60.9 Å². The molecule has 0 spiro atoms. The Morgan fingerprint density at radius 3 is 2.00 bits per heavy atom. The van der Waals surface area contributed by atoms with E-state index in [1.807, 2.05) is 13.8 Å². The Morgan fingerprint density at radius 1 is 1.00 bits per heavy atom. The highest BCUT2D eigenvalue weighted by atomic mass is 16.3. The van der Waals surface area contributed by atoms with Crippen molar-refractivity contribution < 1.29 is 14.7 Å². The molecule has 1 heterocycles. The molecule has 0 bridgehead atoms. The van der Waals surface area contributed by atoms with Gasteiger partial charge in [0.25, 0.3) is 0 Å². The molecule has 2 amide bonds. The number of carbonyl (C=O) groups excluding carboxylic acids is 2. The van der Waals surface area contributed by atoms with Crippen LogP contribution in [0.3, 0.4) is 0 Å². The second-order valence-electron chi connectivity index (χ2n) is 5.19. The van der Waals surface area contributed by atoms with E-state index in [9.17, 15) is 14.7 Å². The summed E-state index contributed by atoms with van der Waals surface area (Å²) in [4.78, 5) is 28.5. The van der Waals surface area contributed by atoms with Gasteiger partial charge in [-0.2, -0.15) is 0 Å². The van der Waals surface area contributed by atoms with Crippen LogP contribution in [0.15, 0.2) is 18.2 Å². The van der Waals surface area contributed by atoms with Gasteiger partial charge < -0.3 is 14.9 Å². The number of nitrogens with zero attached hydrogens (tertiary/aromatic N) is 2. The molecule has 0 saturated carbocycles. The van der Waals surface area contributed by atoms with Crippen LogP contribution < -0.4 is 9.80 Å². The van der Waals surface area contributed by atoms with Crippen LogP contribution in [0.5, 0.6) is 5.75 Å². The van der Waals surface area contributed by atoms with Gasteiger partial charge in [0.2, 0.25) is 11.8 Å². The molecule has 108 valence electrons. The van der Waals surface area contributed by atoms with E-state index < -0.39 is 5.41 Å². The summed E-state index contributed by atoms with van der Waals surface area (Å²) in [7, 11) is 3.32. The summed E-state index contributed by atoms with van der Waals surface area (Å²) in [5.41, 5.74) is 0.153. The van der Waals surface area contributed by atoms with Crippen molar-refractivity contribution in [2.24, 2.45) is 5.41 Å². The summed E-state index contributed by atoms with van der Waals surface area (Å²) in [6.07, 6.45) is 0.908. The third-order valence-corrected chi connectivity index (χ3v) is 4.32. The molecule has 5 heteroatoms. The first-order valence-electron chi connectivity index (χ1n) is 6.78. The Hall–Kier alpha value is -2.04. The second kappa shape index (κ2) is 4.81. The first-order valence-corrected chi connectivity index (χ1v) is 6.78. The first-order chi connectivity index (χ1) is 9.39. The number of carbonyl (C=O) groups is 2. The highest BCUT2D eigenvalue weighted by Gasteiger charge is 2.49. The zero-order valence-electron chi connectivity index (χ0n) is 12.3. The maximum Gasteiger partial charge on any atom is 0.242 e. The van der Waals surface area contributed by atoms with Crippen molar-refractivity contribution in [1.82, 2.24) is 0 Å². The van der Waals surface area contributed by atoms with E-state index in [-0.39, 0.29) is 17.6 Å². The maximum absolute atomic E-state index is 12.8. The van der Waals surface area contributed by atoms with Crippen molar-refractivity contribution in [3.8, 4) is 5.75 Å². The van der Waals surface area contributed by atoms with E-state index in [0.29, 0.717) is 24.2 Å². The lowest BCUT2D eigenvalue weighted by Gasteiger charge is -2.31. The van der Waals surface area contributed by atoms with Crippen LogP contribution in [0.25, 0.3) is 0 Å². The maximum atomic E-state index is 12.8. The number of rotatable bonds is 2. The number of phenolic OH excluding ortho intramolecular Hbond substituents is 1. The van der Waals surface area contributed by atoms with Gasteiger partial charge in [0, 0.05) is 20.2 Å². The predicted molar refractivity (Wildman–Crippen MR) is 77.9 cm³/mol. The zero-order valence-corrected chi connectivity index (χ0v) is 12.3. The largest absolute Gasteiger partial charge is 0.508 e. The van der Waals surface area contributed by atoms with Crippen molar-refractivity contribution in [3.05, 3.63) is 18.2 Å². The molecular weight excluding hydrogens is 256 g/mol. The van der Waals surface area contributed by atoms with Crippen LogP contribution >= 0.6 is 0 Å². The van der Waals surface area contributed by atoms with Crippen LogP contribution in [-0.4, -0.2) is 31.0 Å². The number of amides is 2. The number of anilines is 2. The highest BCUT2D eigenvalue weighted by Crippen LogP contribution is 2.42. The lowest BCUT2D eigenvalue weighted by molar-refractivity contribution is -0.140. The fourth-order valence-corrected chi connectivity index (χ4v) is 2.87. The van der Waals surface area contributed by atoms with E-state index in [1.54, 1.807) is 20.2 Å². The third-order valence-electron chi connectivity index (χ3n) is 4.32. The molecule has 0 atom stereocenters. The van der Waals surface area contributed by atoms with E-state index in [0.717, 1.165) is 0 Å². The molecule has 1 N–H and O–H groups in total. The Kier molecular flexibility index (Phi) is 3.46. The number of benzene rings is 1. The molecule has 1 aromatic carbocycles. The standard InChI is InChI=1S/C15H20N2O3/c1-5-15(6-2)13(19)16(3)11-8-7-10(18)9-12(11)17(4)14(15)20/h7-9,18H,5-6H2,1-4H3. The molecule has 0 unspecified atom stereocenters. The van der Waals surface area contributed by atoms with Crippen molar-refractivity contribution in [3.63, 3.8) is 0 Å². The van der Waals surface area contributed by atoms with E-state index >= 15 is 0 Å². The number of fused-ring (bicyclic) bond motifs is 1. The van der Waals surface area contributed by atoms with Gasteiger partial charge in [0.1, 0.15) is 11.2 Å². The quantitative estimate of drug-likeness (QED) is 0.842. The molecule has 0 fully saturated rings. The molecule has 20 heavy (non-hydrogen) atoms. The Labute approximate surface area is 118 Å². The lowest BCUT2D eigenvalue weighted by atomic mass is 9.79. The summed E-state index contributed by atoms with van der Waals surface area (Å²) in [5.74, 6) is -0.336. The van der Waals surface area contributed by atoms with Gasteiger partial charge in [0.05, 0.1) is 11.4 Å². The average Bonchev–Trinajstić information content (AvgIpc) is 2.51. The zero-order chi connectivity index (χ0) is 15.1. The molecule has 0 aromatic heterocycles. The van der Waals surface area contributed by atoms with Crippen molar-refractivity contribution >= 4 is 23.2 Å². The molecule has 5 nitrogen and oxygen atoms in total. The van der Waals surface area contributed by atoms with Gasteiger partial charge in [-0.1, -0.05) is 13.8 Å². The Morgan fingerprint density at radius 2 is 1.50 bits per heavy atom. The smallest absolute Gasteiger partial charge is 0.242 e. The van der Waals surface area contributed by atoms with E-state index in [2.05, 4.69) is 0 Å². The number of hydrogen-bond acceptors (Lipinski definition) is 3. The third kappa shape index (κ3) is 1.77. The van der Waals surface area contributed by atoms with Crippen LogP contribution in [0.1, 0.15) is 26.7 Å². The molecule has 2 rings (SSSR count). The van der Waals surface area contributed by atoms with Gasteiger partial charge in [-0.3, -0.25) is 9.59 Å². The average molecular weight is 276 g/mol. The minimum absolute atomic E-state index is 0.0738. The van der Waals surface area contributed by atoms with Gasteiger partial charge in [-0.25, -0.2) is 0 Å². The van der Waals surface area contributed by atoms with Gasteiger partial charge in [-0.05, 0) is 25.0 Å². The number of aromatic hydroxyl groups is 1. The predicted octanol–water partition coefficient (Wildman–Crippen LogP) is 2.14. The summed E-state index contributed by atoms with van der Waals surface area (Å²) < 4.78 is 0. The van der Waals surface area contributed by atoms with Crippen LogP contribution in [-0.2, 0) is 9.59 Å². The fourth-order valence-electron chi connectivity index (χ4n) is 2.87.